The van der Waals surface area contributed by atoms with Gasteiger partial charge in [-0.3, -0.25) is 4.79 Å². The van der Waals surface area contributed by atoms with Gasteiger partial charge in [-0.25, -0.2) is 0 Å². The molecule has 0 bridgehead atoms. The Morgan fingerprint density at radius 1 is 1.44 bits per heavy atom. The number of hydrogen-bond acceptors (Lipinski definition) is 3. The third-order valence-corrected chi connectivity index (χ3v) is 3.23. The summed E-state index contributed by atoms with van der Waals surface area (Å²) >= 11 is 0. The van der Waals surface area contributed by atoms with E-state index in [0.29, 0.717) is 22.3 Å². The second-order valence-corrected chi connectivity index (χ2v) is 4.47. The molecule has 0 saturated heterocycles. The predicted octanol–water partition coefficient (Wildman–Crippen LogP) is 1.52. The summed E-state index contributed by atoms with van der Waals surface area (Å²) in [6.07, 6.45) is 2.98. The lowest BCUT2D eigenvalue weighted by Gasteiger charge is -2.29. The molecule has 0 aliphatic heterocycles. The van der Waals surface area contributed by atoms with Gasteiger partial charge in [-0.2, -0.15) is 0 Å². The van der Waals surface area contributed by atoms with Crippen molar-refractivity contribution < 1.29 is 15.0 Å². The maximum atomic E-state index is 11.6. The van der Waals surface area contributed by atoms with Crippen LogP contribution >= 0.6 is 0 Å². The van der Waals surface area contributed by atoms with E-state index in [4.69, 9.17) is 5.11 Å². The highest BCUT2D eigenvalue weighted by Crippen LogP contribution is 2.31. The first-order valence-electron chi connectivity index (χ1n) is 5.77. The Hall–Kier alpha value is -1.63. The van der Waals surface area contributed by atoms with E-state index in [1.54, 1.807) is 33.8 Å². The molecule has 2 N–H and O–H groups in total. The second-order valence-electron chi connectivity index (χ2n) is 4.47. The van der Waals surface area contributed by atoms with E-state index in [2.05, 4.69) is 11.8 Å². The van der Waals surface area contributed by atoms with Crippen LogP contribution in [0.25, 0.3) is 0 Å². The fraction of sp³-hybridized carbons (Fsp3) is 0.400. The number of carbonyl (C=O) groups is 1. The van der Waals surface area contributed by atoms with Crippen molar-refractivity contribution >= 4 is 5.78 Å². The molecule has 1 aliphatic rings. The van der Waals surface area contributed by atoms with Crippen molar-refractivity contribution in [2.45, 2.75) is 33.3 Å². The number of hydrogen-bond donors (Lipinski definition) is 2. The Kier molecular flexibility index (Phi) is 4.28. The molecule has 0 saturated carbocycles. The van der Waals surface area contributed by atoms with E-state index >= 15 is 0 Å². The SMILES string of the molecule is CC(C#CC1(O)C(C)=CC(=O)C(C)=C1C)=CCO. The first kappa shape index (κ1) is 14.4. The fourth-order valence-corrected chi connectivity index (χ4v) is 1.73. The molecule has 18 heavy (non-hydrogen) atoms. The molecule has 1 unspecified atom stereocenters. The Bertz CT molecular complexity index is 524. The summed E-state index contributed by atoms with van der Waals surface area (Å²) in [4.78, 5) is 11.6. The summed E-state index contributed by atoms with van der Waals surface area (Å²) in [5, 5.41) is 19.3. The minimum Gasteiger partial charge on any atom is -0.392 e. The standard InChI is InChI=1S/C15H18O3/c1-10(6-8-16)5-7-15(18)11(2)9-14(17)12(3)13(15)4/h6,9,16,18H,8H2,1-4H3. The molecular formula is C15H18O3. The number of carbonyl (C=O) groups excluding carboxylic acids is 1. The molecule has 1 atom stereocenters. The minimum atomic E-state index is -1.39. The molecule has 96 valence electrons. The molecule has 0 aromatic carbocycles. The molecule has 0 aromatic heterocycles. The predicted molar refractivity (Wildman–Crippen MR) is 70.7 cm³/mol. The number of aliphatic hydroxyl groups excluding tert-OH is 1. The number of aliphatic hydroxyl groups is 2. The van der Waals surface area contributed by atoms with Crippen LogP contribution in [0.4, 0.5) is 0 Å². The van der Waals surface area contributed by atoms with Crippen molar-refractivity contribution in [2.24, 2.45) is 0 Å². The molecule has 0 spiro atoms. The van der Waals surface area contributed by atoms with Gasteiger partial charge >= 0.3 is 0 Å². The Morgan fingerprint density at radius 2 is 2.06 bits per heavy atom. The van der Waals surface area contributed by atoms with E-state index in [-0.39, 0.29) is 12.4 Å². The summed E-state index contributed by atoms with van der Waals surface area (Å²) in [5.41, 5.74) is 0.918. The summed E-state index contributed by atoms with van der Waals surface area (Å²) in [6, 6.07) is 0. The number of allylic oxidation sites excluding steroid dienone is 3. The highest BCUT2D eigenvalue weighted by molar-refractivity contribution is 6.06. The van der Waals surface area contributed by atoms with Crippen molar-refractivity contribution in [2.75, 3.05) is 6.61 Å². The van der Waals surface area contributed by atoms with Crippen molar-refractivity contribution in [3.63, 3.8) is 0 Å². The Balaban J connectivity index is 3.24. The van der Waals surface area contributed by atoms with Gasteiger partial charge in [0.05, 0.1) is 6.61 Å². The second kappa shape index (κ2) is 5.34. The monoisotopic (exact) mass is 246 g/mol. The van der Waals surface area contributed by atoms with Gasteiger partial charge < -0.3 is 10.2 Å². The van der Waals surface area contributed by atoms with Crippen LogP contribution < -0.4 is 0 Å². The Morgan fingerprint density at radius 3 is 2.61 bits per heavy atom. The van der Waals surface area contributed by atoms with Crippen molar-refractivity contribution in [3.05, 3.63) is 34.4 Å². The van der Waals surface area contributed by atoms with Gasteiger partial charge in [0.25, 0.3) is 0 Å². The lowest BCUT2D eigenvalue weighted by atomic mass is 9.79. The van der Waals surface area contributed by atoms with Crippen molar-refractivity contribution in [1.82, 2.24) is 0 Å². The third-order valence-electron chi connectivity index (χ3n) is 3.23. The van der Waals surface area contributed by atoms with Crippen LogP contribution in [0, 0.1) is 11.8 Å². The fourth-order valence-electron chi connectivity index (χ4n) is 1.73. The van der Waals surface area contributed by atoms with Crippen LogP contribution in [-0.4, -0.2) is 28.2 Å². The lowest BCUT2D eigenvalue weighted by Crippen LogP contribution is -2.34. The average Bonchev–Trinajstić information content (AvgIpc) is 2.32. The van der Waals surface area contributed by atoms with Crippen LogP contribution in [0.1, 0.15) is 27.7 Å². The number of ketones is 1. The maximum absolute atomic E-state index is 11.6. The summed E-state index contributed by atoms with van der Waals surface area (Å²) in [5.74, 6) is 5.50. The van der Waals surface area contributed by atoms with E-state index in [1.807, 2.05) is 0 Å². The summed E-state index contributed by atoms with van der Waals surface area (Å²) in [6.45, 7) is 6.76. The normalized spacial score (nSPS) is 24.7. The zero-order valence-corrected chi connectivity index (χ0v) is 11.2. The van der Waals surface area contributed by atoms with E-state index < -0.39 is 5.60 Å². The summed E-state index contributed by atoms with van der Waals surface area (Å²) in [7, 11) is 0. The summed E-state index contributed by atoms with van der Waals surface area (Å²) < 4.78 is 0. The topological polar surface area (TPSA) is 57.5 Å². The van der Waals surface area contributed by atoms with E-state index in [0.717, 1.165) is 0 Å². The van der Waals surface area contributed by atoms with Crippen molar-refractivity contribution in [3.8, 4) is 11.8 Å². The first-order chi connectivity index (χ1) is 8.32. The quantitative estimate of drug-likeness (QED) is 0.690. The van der Waals surface area contributed by atoms with E-state index in [9.17, 15) is 9.90 Å². The molecule has 0 heterocycles. The van der Waals surface area contributed by atoms with Crippen molar-refractivity contribution in [1.29, 1.82) is 0 Å². The zero-order chi connectivity index (χ0) is 13.9. The maximum Gasteiger partial charge on any atom is 0.181 e. The van der Waals surface area contributed by atoms with Gasteiger partial charge in [-0.05, 0) is 62.1 Å². The van der Waals surface area contributed by atoms with Gasteiger partial charge in [-0.15, -0.1) is 0 Å². The van der Waals surface area contributed by atoms with Gasteiger partial charge in [0.2, 0.25) is 0 Å². The van der Waals surface area contributed by atoms with Gasteiger partial charge in [-0.1, -0.05) is 11.8 Å². The minimum absolute atomic E-state index is 0.0832. The molecule has 1 aliphatic carbocycles. The third kappa shape index (κ3) is 2.61. The van der Waals surface area contributed by atoms with Crippen LogP contribution in [0.2, 0.25) is 0 Å². The zero-order valence-electron chi connectivity index (χ0n) is 11.2. The molecule has 0 radical (unpaired) electrons. The largest absolute Gasteiger partial charge is 0.392 e. The molecule has 0 fully saturated rings. The smallest absolute Gasteiger partial charge is 0.181 e. The van der Waals surface area contributed by atoms with Crippen LogP contribution in [-0.2, 0) is 4.79 Å². The molecule has 3 nitrogen and oxygen atoms in total. The lowest BCUT2D eigenvalue weighted by molar-refractivity contribution is -0.111. The van der Waals surface area contributed by atoms with E-state index in [1.165, 1.54) is 6.08 Å². The molecule has 0 amide bonds. The van der Waals surface area contributed by atoms with Crippen LogP contribution in [0.5, 0.6) is 0 Å². The highest BCUT2D eigenvalue weighted by Gasteiger charge is 2.35. The molecular weight excluding hydrogens is 228 g/mol. The van der Waals surface area contributed by atoms with Gasteiger partial charge in [0.15, 0.2) is 11.4 Å². The average molecular weight is 246 g/mol. The van der Waals surface area contributed by atoms with Crippen LogP contribution in [0.15, 0.2) is 34.4 Å². The molecule has 0 aromatic rings. The molecule has 1 rings (SSSR count). The Labute approximate surface area is 108 Å². The number of rotatable bonds is 1. The van der Waals surface area contributed by atoms with Crippen LogP contribution in [0.3, 0.4) is 0 Å². The highest BCUT2D eigenvalue weighted by atomic mass is 16.3. The first-order valence-corrected chi connectivity index (χ1v) is 5.77. The van der Waals surface area contributed by atoms with Gasteiger partial charge in [0, 0.05) is 0 Å². The van der Waals surface area contributed by atoms with Gasteiger partial charge in [0.1, 0.15) is 0 Å². The molecule has 3 heteroatoms.